The van der Waals surface area contributed by atoms with E-state index >= 15 is 0 Å². The van der Waals surface area contributed by atoms with Crippen LogP contribution < -0.4 is 9.80 Å². The van der Waals surface area contributed by atoms with E-state index in [0.717, 1.165) is 16.9 Å². The van der Waals surface area contributed by atoms with E-state index in [2.05, 4.69) is 9.64 Å². The Morgan fingerprint density at radius 2 is 1.78 bits per heavy atom. The summed E-state index contributed by atoms with van der Waals surface area (Å²) in [5, 5.41) is 0.672. The molecule has 3 heterocycles. The molecule has 5 rings (SSSR count). The number of hydrogen-bond acceptors (Lipinski definition) is 7. The van der Waals surface area contributed by atoms with Crippen LogP contribution in [0.15, 0.2) is 47.4 Å². The van der Waals surface area contributed by atoms with Gasteiger partial charge in [-0.25, -0.2) is 13.2 Å². The lowest BCUT2D eigenvalue weighted by Crippen LogP contribution is -2.48. The van der Waals surface area contributed by atoms with Crippen LogP contribution in [-0.4, -0.2) is 69.7 Å². The Morgan fingerprint density at radius 3 is 2.35 bits per heavy atom. The Hall–Kier alpha value is -2.66. The number of nitrogens with zero attached hydrogens (tertiary/aromatic N) is 3. The summed E-state index contributed by atoms with van der Waals surface area (Å²) in [4.78, 5) is 26.6. The first-order valence-electron chi connectivity index (χ1n) is 12.3. The van der Waals surface area contributed by atoms with Gasteiger partial charge in [0.2, 0.25) is 21.7 Å². The van der Waals surface area contributed by atoms with Gasteiger partial charge in [-0.15, -0.1) is 0 Å². The van der Waals surface area contributed by atoms with E-state index in [1.807, 2.05) is 31.2 Å². The van der Waals surface area contributed by atoms with Crippen LogP contribution in [0.2, 0.25) is 5.02 Å². The topological polar surface area (TPSA) is 96.5 Å². The van der Waals surface area contributed by atoms with Crippen molar-refractivity contribution in [2.45, 2.75) is 44.3 Å². The fourth-order valence-electron chi connectivity index (χ4n) is 4.56. The Bertz CT molecular complexity index is 1270. The molecule has 0 radical (unpaired) electrons. The van der Waals surface area contributed by atoms with E-state index in [9.17, 15) is 18.0 Å². The number of halogens is 1. The van der Waals surface area contributed by atoms with Crippen LogP contribution in [0.1, 0.15) is 32.8 Å². The Kier molecular flexibility index (Phi) is 8.13. The molecule has 37 heavy (non-hydrogen) atoms. The second-order valence-corrected chi connectivity index (χ2v) is 11.8. The molecule has 3 aliphatic heterocycles. The van der Waals surface area contributed by atoms with Gasteiger partial charge in [-0.3, -0.25) is 4.79 Å². The van der Waals surface area contributed by atoms with Gasteiger partial charge in [-0.05, 0) is 48.4 Å². The molecule has 0 N–H and O–H groups in total. The summed E-state index contributed by atoms with van der Waals surface area (Å²) in [5.41, 5.74) is 2.76. The molecule has 0 aliphatic carbocycles. The maximum Gasteiger partial charge on any atom is 0.334 e. The number of fused-ring (bicyclic) bond motifs is 1. The molecular weight excluding hydrogens is 518 g/mol. The summed E-state index contributed by atoms with van der Waals surface area (Å²) in [6.07, 6.45) is 1.13. The SMILES string of the molecule is CC1(C)OCC(=O)O1.CCC(=O)N1CCc2cc(S(=O)(=O)N3CCN(c4cccc(Cl)c4)CC3)ccc21. The molecule has 0 bridgehead atoms. The molecule has 0 atom stereocenters. The first-order chi connectivity index (χ1) is 17.5. The molecule has 0 saturated carbocycles. The Balaban J connectivity index is 0.000000342. The standard InChI is InChI=1S/C21H24ClN3O3S.C5H8O3/c1-2-21(26)25-9-8-16-14-19(6-7-20(16)25)29(27,28)24-12-10-23(11-13-24)18-5-3-4-17(22)15-18;1-5(2)7-3-4(6)8-5/h3-7,14-15H,2,8-13H2,1H3;3H2,1-2H3. The number of benzene rings is 2. The molecule has 0 aromatic heterocycles. The fourth-order valence-corrected chi connectivity index (χ4v) is 6.22. The lowest BCUT2D eigenvalue weighted by Gasteiger charge is -2.35. The maximum atomic E-state index is 13.2. The third-order valence-electron chi connectivity index (χ3n) is 6.50. The summed E-state index contributed by atoms with van der Waals surface area (Å²) in [5.74, 6) is -0.900. The first-order valence-corrected chi connectivity index (χ1v) is 14.1. The van der Waals surface area contributed by atoms with Gasteiger partial charge in [0.1, 0.15) is 6.61 Å². The minimum absolute atomic E-state index is 0.0662. The van der Waals surface area contributed by atoms with Crippen molar-refractivity contribution in [3.8, 4) is 0 Å². The molecule has 3 aliphatic rings. The van der Waals surface area contributed by atoms with Crippen molar-refractivity contribution in [1.82, 2.24) is 4.31 Å². The molecular formula is C26H32ClN3O6S. The minimum atomic E-state index is -3.56. The van der Waals surface area contributed by atoms with Crippen molar-refractivity contribution in [2.24, 2.45) is 0 Å². The third kappa shape index (κ3) is 6.26. The predicted molar refractivity (Wildman–Crippen MR) is 141 cm³/mol. The van der Waals surface area contributed by atoms with Gasteiger partial charge in [0.25, 0.3) is 0 Å². The molecule has 2 aromatic rings. The van der Waals surface area contributed by atoms with E-state index in [4.69, 9.17) is 16.3 Å². The summed E-state index contributed by atoms with van der Waals surface area (Å²) >= 11 is 6.07. The van der Waals surface area contributed by atoms with Crippen molar-refractivity contribution in [2.75, 3.05) is 49.1 Å². The maximum absolute atomic E-state index is 13.2. The van der Waals surface area contributed by atoms with Gasteiger partial charge in [0.05, 0.1) is 4.90 Å². The number of rotatable bonds is 4. The van der Waals surface area contributed by atoms with Crippen molar-refractivity contribution < 1.29 is 27.5 Å². The van der Waals surface area contributed by atoms with Gasteiger partial charge in [-0.2, -0.15) is 4.31 Å². The third-order valence-corrected chi connectivity index (χ3v) is 8.63. The second kappa shape index (κ2) is 11.0. The van der Waals surface area contributed by atoms with Crippen LogP contribution in [0.25, 0.3) is 0 Å². The zero-order valence-corrected chi connectivity index (χ0v) is 22.8. The van der Waals surface area contributed by atoms with Crippen LogP contribution >= 0.6 is 11.6 Å². The van der Waals surface area contributed by atoms with E-state index in [-0.39, 0.29) is 18.5 Å². The number of hydrogen-bond donors (Lipinski definition) is 0. The van der Waals surface area contributed by atoms with Gasteiger partial charge < -0.3 is 19.3 Å². The summed E-state index contributed by atoms with van der Waals surface area (Å²) < 4.78 is 37.4. The van der Waals surface area contributed by atoms with Crippen LogP contribution in [-0.2, 0) is 35.5 Å². The molecule has 0 spiro atoms. The number of cyclic esters (lactones) is 1. The smallest absolute Gasteiger partial charge is 0.334 e. The summed E-state index contributed by atoms with van der Waals surface area (Å²) in [7, 11) is -3.56. The second-order valence-electron chi connectivity index (χ2n) is 9.47. The van der Waals surface area contributed by atoms with Crippen LogP contribution in [0.4, 0.5) is 11.4 Å². The monoisotopic (exact) mass is 549 g/mol. The molecule has 11 heteroatoms. The van der Waals surface area contributed by atoms with Crippen LogP contribution in [0.5, 0.6) is 0 Å². The molecule has 2 aromatic carbocycles. The number of amides is 1. The van der Waals surface area contributed by atoms with E-state index in [1.54, 1.807) is 41.3 Å². The highest BCUT2D eigenvalue weighted by Crippen LogP contribution is 2.32. The quantitative estimate of drug-likeness (QED) is 0.539. The molecule has 2 fully saturated rings. The molecule has 0 unspecified atom stereocenters. The van der Waals surface area contributed by atoms with Crippen LogP contribution in [0, 0.1) is 0 Å². The highest BCUT2D eigenvalue weighted by Gasteiger charge is 2.32. The number of anilines is 2. The first kappa shape index (κ1) is 27.4. The zero-order chi connectivity index (χ0) is 26.8. The summed E-state index contributed by atoms with van der Waals surface area (Å²) in [6, 6.07) is 12.7. The normalized spacial score (nSPS) is 19.2. The van der Waals surface area contributed by atoms with E-state index in [0.29, 0.717) is 55.5 Å². The van der Waals surface area contributed by atoms with Crippen LogP contribution in [0.3, 0.4) is 0 Å². The average molecular weight is 550 g/mol. The Morgan fingerprint density at radius 1 is 1.05 bits per heavy atom. The van der Waals surface area contributed by atoms with Gasteiger partial charge in [0, 0.05) is 69.4 Å². The largest absolute Gasteiger partial charge is 0.432 e. The lowest BCUT2D eigenvalue weighted by atomic mass is 10.2. The highest BCUT2D eigenvalue weighted by atomic mass is 35.5. The van der Waals surface area contributed by atoms with Crippen molar-refractivity contribution in [3.63, 3.8) is 0 Å². The zero-order valence-electron chi connectivity index (χ0n) is 21.3. The van der Waals surface area contributed by atoms with Gasteiger partial charge in [-0.1, -0.05) is 24.6 Å². The van der Waals surface area contributed by atoms with Crippen molar-refractivity contribution in [1.29, 1.82) is 0 Å². The number of esters is 1. The van der Waals surface area contributed by atoms with Crippen molar-refractivity contribution in [3.05, 3.63) is 53.1 Å². The number of ether oxygens (including phenoxy) is 2. The lowest BCUT2D eigenvalue weighted by molar-refractivity contribution is -0.159. The molecule has 1 amide bonds. The highest BCUT2D eigenvalue weighted by molar-refractivity contribution is 7.89. The van der Waals surface area contributed by atoms with Crippen molar-refractivity contribution >= 4 is 44.9 Å². The van der Waals surface area contributed by atoms with E-state index in [1.165, 1.54) is 0 Å². The molecule has 9 nitrogen and oxygen atoms in total. The number of sulfonamides is 1. The number of carbonyl (C=O) groups is 2. The Labute approximate surface area is 222 Å². The molecule has 200 valence electrons. The predicted octanol–water partition coefficient (Wildman–Crippen LogP) is 3.45. The van der Waals surface area contributed by atoms with Gasteiger partial charge in [0.15, 0.2) is 0 Å². The molecule has 2 saturated heterocycles. The average Bonchev–Trinajstić information content (AvgIpc) is 3.45. The van der Waals surface area contributed by atoms with Gasteiger partial charge >= 0.3 is 5.97 Å². The number of carbonyl (C=O) groups excluding carboxylic acids is 2. The minimum Gasteiger partial charge on any atom is -0.432 e. The summed E-state index contributed by atoms with van der Waals surface area (Å²) in [6.45, 7) is 8.03. The van der Waals surface area contributed by atoms with E-state index < -0.39 is 15.8 Å². The number of piperazine rings is 1. The fraction of sp³-hybridized carbons (Fsp3) is 0.462.